The summed E-state index contributed by atoms with van der Waals surface area (Å²) in [5, 5.41) is 0. The first-order chi connectivity index (χ1) is 12.3. The molecule has 0 unspecified atom stereocenters. The van der Waals surface area contributed by atoms with Crippen LogP contribution in [0.1, 0.15) is 79.1 Å². The second kappa shape index (κ2) is 6.21. The van der Waals surface area contributed by atoms with Crippen molar-refractivity contribution in [1.29, 1.82) is 0 Å². The van der Waals surface area contributed by atoms with Crippen molar-refractivity contribution in [2.24, 2.45) is 34.5 Å². The SMILES string of the molecule is CC(C)C(=O)O[C@@H]1CC[C@H]2[C@@H]3CCC4=CC(=O)CC[C@]4(C)[C@H]3CC[C@]12C. The number of ketones is 1. The minimum Gasteiger partial charge on any atom is -0.462 e. The fourth-order valence-electron chi connectivity index (χ4n) is 6.98. The first-order valence-corrected chi connectivity index (χ1v) is 10.7. The Balaban J connectivity index is 1.57. The van der Waals surface area contributed by atoms with Crippen molar-refractivity contribution in [3.63, 3.8) is 0 Å². The van der Waals surface area contributed by atoms with Crippen molar-refractivity contribution < 1.29 is 14.3 Å². The maximum atomic E-state index is 12.2. The molecule has 4 rings (SSSR count). The number of ether oxygens (including phenoxy) is 1. The quantitative estimate of drug-likeness (QED) is 0.646. The lowest BCUT2D eigenvalue weighted by Crippen LogP contribution is -2.51. The van der Waals surface area contributed by atoms with E-state index in [9.17, 15) is 9.59 Å². The zero-order chi connectivity index (χ0) is 18.7. The van der Waals surface area contributed by atoms with Gasteiger partial charge in [-0.05, 0) is 74.2 Å². The van der Waals surface area contributed by atoms with Crippen LogP contribution in [0.15, 0.2) is 11.6 Å². The fraction of sp³-hybridized carbons (Fsp3) is 0.826. The maximum absolute atomic E-state index is 12.2. The summed E-state index contributed by atoms with van der Waals surface area (Å²) in [4.78, 5) is 24.1. The summed E-state index contributed by atoms with van der Waals surface area (Å²) in [5.74, 6) is 2.35. The summed E-state index contributed by atoms with van der Waals surface area (Å²) in [6.07, 6.45) is 10.7. The van der Waals surface area contributed by atoms with E-state index in [0.717, 1.165) is 38.0 Å². The van der Waals surface area contributed by atoms with Crippen LogP contribution in [0.4, 0.5) is 0 Å². The molecule has 0 heterocycles. The molecule has 6 atom stereocenters. The van der Waals surface area contributed by atoms with E-state index in [-0.39, 0.29) is 28.8 Å². The van der Waals surface area contributed by atoms with Gasteiger partial charge in [0.05, 0.1) is 5.92 Å². The molecule has 0 aromatic carbocycles. The van der Waals surface area contributed by atoms with Crippen molar-refractivity contribution in [1.82, 2.24) is 0 Å². The zero-order valence-corrected chi connectivity index (χ0v) is 16.8. The third-order valence-corrected chi connectivity index (χ3v) is 8.60. The third kappa shape index (κ3) is 2.60. The Morgan fingerprint density at radius 3 is 2.58 bits per heavy atom. The number of carbonyl (C=O) groups is 2. The number of allylic oxidation sites excluding steroid dienone is 1. The molecular weight excluding hydrogens is 324 g/mol. The monoisotopic (exact) mass is 358 g/mol. The molecule has 0 bridgehead atoms. The standard InChI is InChI=1S/C23H34O3/c1-14(2)21(25)26-20-8-7-18-17-6-5-15-13-16(24)9-11-22(15,3)19(17)10-12-23(18,20)4/h13-14,17-20H,5-12H2,1-4H3/t17-,18-,19-,20+,22-,23-/m0/s1. The summed E-state index contributed by atoms with van der Waals surface area (Å²) in [6.45, 7) is 8.66. The number of hydrogen-bond donors (Lipinski definition) is 0. The molecule has 3 nitrogen and oxygen atoms in total. The molecule has 4 aliphatic rings. The smallest absolute Gasteiger partial charge is 0.308 e. The highest BCUT2D eigenvalue weighted by atomic mass is 16.5. The minimum absolute atomic E-state index is 0.0365. The summed E-state index contributed by atoms with van der Waals surface area (Å²) < 4.78 is 5.98. The number of hydrogen-bond acceptors (Lipinski definition) is 3. The normalized spacial score (nSPS) is 44.8. The van der Waals surface area contributed by atoms with E-state index < -0.39 is 0 Å². The van der Waals surface area contributed by atoms with E-state index in [1.807, 2.05) is 19.9 Å². The van der Waals surface area contributed by atoms with Crippen LogP contribution >= 0.6 is 0 Å². The molecule has 3 saturated carbocycles. The van der Waals surface area contributed by atoms with Crippen molar-refractivity contribution in [3.05, 3.63) is 11.6 Å². The van der Waals surface area contributed by atoms with Crippen LogP contribution in [-0.4, -0.2) is 17.9 Å². The average Bonchev–Trinajstić information content (AvgIpc) is 2.92. The fourth-order valence-corrected chi connectivity index (χ4v) is 6.98. The summed E-state index contributed by atoms with van der Waals surface area (Å²) in [6, 6.07) is 0. The number of carbonyl (C=O) groups excluding carboxylic acids is 2. The first-order valence-electron chi connectivity index (χ1n) is 10.7. The van der Waals surface area contributed by atoms with Gasteiger partial charge in [0.25, 0.3) is 0 Å². The van der Waals surface area contributed by atoms with Gasteiger partial charge >= 0.3 is 5.97 Å². The van der Waals surface area contributed by atoms with Gasteiger partial charge in [-0.25, -0.2) is 0 Å². The molecule has 0 aliphatic heterocycles. The Morgan fingerprint density at radius 1 is 1.08 bits per heavy atom. The van der Waals surface area contributed by atoms with Gasteiger partial charge in [0.1, 0.15) is 6.10 Å². The summed E-state index contributed by atoms with van der Waals surface area (Å²) >= 11 is 0. The summed E-state index contributed by atoms with van der Waals surface area (Å²) in [5.41, 5.74) is 1.80. The average molecular weight is 359 g/mol. The lowest BCUT2D eigenvalue weighted by Gasteiger charge is -2.57. The Labute approximate surface area is 157 Å². The van der Waals surface area contributed by atoms with Gasteiger partial charge in [0.2, 0.25) is 0 Å². The Kier molecular flexibility index (Phi) is 4.36. The van der Waals surface area contributed by atoms with Crippen LogP contribution in [0.5, 0.6) is 0 Å². The Bertz CT molecular complexity index is 648. The lowest BCUT2D eigenvalue weighted by atomic mass is 9.47. The van der Waals surface area contributed by atoms with Crippen LogP contribution in [0, 0.1) is 34.5 Å². The predicted molar refractivity (Wildman–Crippen MR) is 101 cm³/mol. The first kappa shape index (κ1) is 18.3. The number of rotatable bonds is 2. The van der Waals surface area contributed by atoms with E-state index in [2.05, 4.69) is 13.8 Å². The molecule has 0 radical (unpaired) electrons. The van der Waals surface area contributed by atoms with Crippen molar-refractivity contribution >= 4 is 11.8 Å². The predicted octanol–water partition coefficient (Wildman–Crippen LogP) is 5.09. The van der Waals surface area contributed by atoms with E-state index in [1.165, 1.54) is 24.8 Å². The largest absolute Gasteiger partial charge is 0.462 e. The van der Waals surface area contributed by atoms with Crippen LogP contribution in [0.2, 0.25) is 0 Å². The van der Waals surface area contributed by atoms with E-state index in [1.54, 1.807) is 0 Å². The number of fused-ring (bicyclic) bond motifs is 5. The highest BCUT2D eigenvalue weighted by molar-refractivity contribution is 5.91. The molecule has 0 saturated heterocycles. The highest BCUT2D eigenvalue weighted by Crippen LogP contribution is 2.65. The molecule has 0 N–H and O–H groups in total. The molecule has 0 spiro atoms. The molecule has 0 amide bonds. The Morgan fingerprint density at radius 2 is 1.85 bits per heavy atom. The van der Waals surface area contributed by atoms with E-state index in [0.29, 0.717) is 17.6 Å². The second-order valence-corrected chi connectivity index (χ2v) is 10.2. The molecule has 144 valence electrons. The Hall–Kier alpha value is -1.12. The third-order valence-electron chi connectivity index (χ3n) is 8.60. The molecule has 3 fully saturated rings. The van der Waals surface area contributed by atoms with E-state index >= 15 is 0 Å². The molecule has 26 heavy (non-hydrogen) atoms. The van der Waals surface area contributed by atoms with Gasteiger partial charge in [-0.3, -0.25) is 9.59 Å². The minimum atomic E-state index is -0.0462. The second-order valence-electron chi connectivity index (χ2n) is 10.2. The zero-order valence-electron chi connectivity index (χ0n) is 16.8. The van der Waals surface area contributed by atoms with Crippen molar-refractivity contribution in [3.8, 4) is 0 Å². The molecule has 4 aliphatic carbocycles. The molecule has 0 aromatic heterocycles. The molecule has 0 aromatic rings. The van der Waals surface area contributed by atoms with Crippen LogP contribution < -0.4 is 0 Å². The van der Waals surface area contributed by atoms with Gasteiger partial charge in [-0.15, -0.1) is 0 Å². The van der Waals surface area contributed by atoms with Crippen LogP contribution in [-0.2, 0) is 14.3 Å². The van der Waals surface area contributed by atoms with Crippen molar-refractivity contribution in [2.75, 3.05) is 0 Å². The topological polar surface area (TPSA) is 43.4 Å². The lowest BCUT2D eigenvalue weighted by molar-refractivity contribution is -0.163. The van der Waals surface area contributed by atoms with Crippen LogP contribution in [0.3, 0.4) is 0 Å². The molecule has 3 heteroatoms. The van der Waals surface area contributed by atoms with E-state index in [4.69, 9.17) is 4.74 Å². The van der Waals surface area contributed by atoms with Gasteiger partial charge in [0, 0.05) is 11.8 Å². The highest BCUT2D eigenvalue weighted by Gasteiger charge is 2.59. The van der Waals surface area contributed by atoms with Gasteiger partial charge < -0.3 is 4.74 Å². The number of esters is 1. The van der Waals surface area contributed by atoms with Gasteiger partial charge in [-0.2, -0.15) is 0 Å². The van der Waals surface area contributed by atoms with Gasteiger partial charge in [-0.1, -0.05) is 33.3 Å². The summed E-state index contributed by atoms with van der Waals surface area (Å²) in [7, 11) is 0. The molecular formula is C23H34O3. The van der Waals surface area contributed by atoms with Crippen molar-refractivity contribution in [2.45, 2.75) is 85.2 Å². The van der Waals surface area contributed by atoms with Gasteiger partial charge in [0.15, 0.2) is 5.78 Å². The maximum Gasteiger partial charge on any atom is 0.308 e. The van der Waals surface area contributed by atoms with Crippen LogP contribution in [0.25, 0.3) is 0 Å².